The molecule has 0 bridgehead atoms. The maximum absolute atomic E-state index is 11.9. The lowest BCUT2D eigenvalue weighted by Crippen LogP contribution is -2.27. The molecule has 1 fully saturated rings. The van der Waals surface area contributed by atoms with Crippen molar-refractivity contribution in [1.82, 2.24) is 10.5 Å². The highest BCUT2D eigenvalue weighted by molar-refractivity contribution is 5.96. The molecule has 6 nitrogen and oxygen atoms in total. The predicted octanol–water partition coefficient (Wildman–Crippen LogP) is 4.70. The third-order valence-corrected chi connectivity index (χ3v) is 5.13. The molecule has 2 aromatic rings. The molecule has 1 aliphatic carbocycles. The third kappa shape index (κ3) is 5.02. The van der Waals surface area contributed by atoms with E-state index in [2.05, 4.69) is 10.5 Å². The molecule has 1 aromatic heterocycles. The number of nitrogens with zero attached hydrogens (tertiary/aromatic N) is 1. The fraction of sp³-hybridized carbons (Fsp3) is 0.500. The molecule has 0 amide bonds. The fourth-order valence-electron chi connectivity index (χ4n) is 3.58. The standard InChI is InChI=1S/C20H26N2O4.ClH/c1-13(21-12-14-6-4-3-5-7-14)19-17(20(23)24)18(22-26-19)15-8-10-16(25-2)11-9-15;/h8-11,13-14,21H,3-7,12H2,1-2H3,(H,23,24);1H/t13-;/m1./s1. The second kappa shape index (κ2) is 9.76. The van der Waals surface area contributed by atoms with Crippen LogP contribution in [-0.4, -0.2) is 29.9 Å². The van der Waals surface area contributed by atoms with Gasteiger partial charge >= 0.3 is 5.97 Å². The quantitative estimate of drug-likeness (QED) is 0.707. The fourth-order valence-corrected chi connectivity index (χ4v) is 3.58. The number of benzene rings is 1. The summed E-state index contributed by atoms with van der Waals surface area (Å²) < 4.78 is 10.6. The van der Waals surface area contributed by atoms with E-state index in [0.29, 0.717) is 28.7 Å². The predicted molar refractivity (Wildman–Crippen MR) is 106 cm³/mol. The van der Waals surface area contributed by atoms with Crippen LogP contribution in [0.1, 0.15) is 61.2 Å². The van der Waals surface area contributed by atoms with E-state index >= 15 is 0 Å². The van der Waals surface area contributed by atoms with Crippen molar-refractivity contribution >= 4 is 18.4 Å². The van der Waals surface area contributed by atoms with Crippen molar-refractivity contribution in [2.45, 2.75) is 45.1 Å². The van der Waals surface area contributed by atoms with Crippen molar-refractivity contribution in [2.24, 2.45) is 5.92 Å². The minimum atomic E-state index is -1.03. The van der Waals surface area contributed by atoms with Gasteiger partial charge in [0.05, 0.1) is 13.2 Å². The van der Waals surface area contributed by atoms with E-state index in [-0.39, 0.29) is 24.0 Å². The smallest absolute Gasteiger partial charge is 0.341 e. The number of carboxylic acids is 1. The highest BCUT2D eigenvalue weighted by atomic mass is 35.5. The third-order valence-electron chi connectivity index (χ3n) is 5.13. The molecule has 148 valence electrons. The van der Waals surface area contributed by atoms with Crippen molar-refractivity contribution in [1.29, 1.82) is 0 Å². The normalized spacial score (nSPS) is 15.8. The van der Waals surface area contributed by atoms with Crippen LogP contribution < -0.4 is 10.1 Å². The zero-order valence-electron chi connectivity index (χ0n) is 15.7. The monoisotopic (exact) mass is 394 g/mol. The molecule has 0 aliphatic heterocycles. The summed E-state index contributed by atoms with van der Waals surface area (Å²) in [4.78, 5) is 11.9. The van der Waals surface area contributed by atoms with Gasteiger partial charge in [0.15, 0.2) is 5.76 Å². The molecule has 0 saturated heterocycles. The van der Waals surface area contributed by atoms with Gasteiger partial charge in [0.25, 0.3) is 0 Å². The molecule has 1 aromatic carbocycles. The van der Waals surface area contributed by atoms with Crippen LogP contribution in [0.25, 0.3) is 11.3 Å². The van der Waals surface area contributed by atoms with E-state index in [1.807, 2.05) is 6.92 Å². The number of carboxylic acid groups (broad SMARTS) is 1. The lowest BCUT2D eigenvalue weighted by molar-refractivity contribution is 0.0694. The van der Waals surface area contributed by atoms with Crippen molar-refractivity contribution in [3.8, 4) is 17.0 Å². The first kappa shape index (κ1) is 21.3. The largest absolute Gasteiger partial charge is 0.497 e. The molecule has 7 heteroatoms. The first-order valence-electron chi connectivity index (χ1n) is 9.20. The molecule has 0 unspecified atom stereocenters. The molecular formula is C20H27ClN2O4. The van der Waals surface area contributed by atoms with Gasteiger partial charge in [0.2, 0.25) is 0 Å². The van der Waals surface area contributed by atoms with Crippen LogP contribution in [0, 0.1) is 5.92 Å². The number of carbonyl (C=O) groups is 1. The maximum atomic E-state index is 11.9. The number of aromatic carboxylic acids is 1. The number of hydrogen-bond acceptors (Lipinski definition) is 5. The Morgan fingerprint density at radius 1 is 1.30 bits per heavy atom. The number of nitrogens with one attached hydrogen (secondary N) is 1. The molecule has 2 N–H and O–H groups in total. The van der Waals surface area contributed by atoms with Gasteiger partial charge in [-0.2, -0.15) is 0 Å². The average Bonchev–Trinajstić information content (AvgIpc) is 3.12. The summed E-state index contributed by atoms with van der Waals surface area (Å²) in [5, 5.41) is 17.2. The van der Waals surface area contributed by atoms with E-state index in [0.717, 1.165) is 6.54 Å². The summed E-state index contributed by atoms with van der Waals surface area (Å²) in [6.45, 7) is 2.80. The van der Waals surface area contributed by atoms with Gasteiger partial charge in [-0.1, -0.05) is 24.4 Å². The summed E-state index contributed by atoms with van der Waals surface area (Å²) in [6, 6.07) is 6.92. The first-order chi connectivity index (χ1) is 12.6. The summed E-state index contributed by atoms with van der Waals surface area (Å²) in [6.07, 6.45) is 6.36. The van der Waals surface area contributed by atoms with Crippen molar-refractivity contribution < 1.29 is 19.2 Å². The van der Waals surface area contributed by atoms with Gasteiger partial charge in [-0.15, -0.1) is 12.4 Å². The van der Waals surface area contributed by atoms with Crippen LogP contribution >= 0.6 is 12.4 Å². The SMILES string of the molecule is COc1ccc(-c2noc([C@@H](C)NCC3CCCCC3)c2C(=O)O)cc1.Cl. The Bertz CT molecular complexity index is 739. The minimum Gasteiger partial charge on any atom is -0.497 e. The second-order valence-electron chi connectivity index (χ2n) is 6.94. The lowest BCUT2D eigenvalue weighted by atomic mass is 9.89. The Labute approximate surface area is 165 Å². The Hall–Kier alpha value is -2.05. The zero-order valence-corrected chi connectivity index (χ0v) is 16.6. The zero-order chi connectivity index (χ0) is 18.5. The van der Waals surface area contributed by atoms with Gasteiger partial charge in [0.1, 0.15) is 17.0 Å². The van der Waals surface area contributed by atoms with Gasteiger partial charge in [-0.05, 0) is 56.5 Å². The van der Waals surface area contributed by atoms with Crippen molar-refractivity contribution in [3.05, 3.63) is 35.6 Å². The van der Waals surface area contributed by atoms with Crippen LogP contribution in [-0.2, 0) is 0 Å². The van der Waals surface area contributed by atoms with E-state index in [1.54, 1.807) is 31.4 Å². The molecule has 1 aliphatic rings. The Morgan fingerprint density at radius 2 is 1.96 bits per heavy atom. The highest BCUT2D eigenvalue weighted by Crippen LogP contribution is 2.31. The van der Waals surface area contributed by atoms with Crippen LogP contribution in [0.15, 0.2) is 28.8 Å². The van der Waals surface area contributed by atoms with Crippen molar-refractivity contribution in [3.63, 3.8) is 0 Å². The van der Waals surface area contributed by atoms with Gasteiger partial charge in [-0.25, -0.2) is 4.79 Å². The molecular weight excluding hydrogens is 368 g/mol. The van der Waals surface area contributed by atoms with E-state index in [9.17, 15) is 9.90 Å². The average molecular weight is 395 g/mol. The van der Waals surface area contributed by atoms with Crippen LogP contribution in [0.5, 0.6) is 5.75 Å². The Balaban J connectivity index is 0.00000261. The molecule has 1 saturated carbocycles. The number of hydrogen-bond donors (Lipinski definition) is 2. The van der Waals surface area contributed by atoms with Gasteiger partial charge in [-0.3, -0.25) is 0 Å². The molecule has 0 radical (unpaired) electrons. The van der Waals surface area contributed by atoms with Gasteiger partial charge < -0.3 is 19.7 Å². The maximum Gasteiger partial charge on any atom is 0.341 e. The number of methoxy groups -OCH3 is 1. The van der Waals surface area contributed by atoms with Crippen molar-refractivity contribution in [2.75, 3.05) is 13.7 Å². The number of aromatic nitrogens is 1. The van der Waals surface area contributed by atoms with E-state index in [4.69, 9.17) is 9.26 Å². The topological polar surface area (TPSA) is 84.6 Å². The molecule has 1 heterocycles. The van der Waals surface area contributed by atoms with Crippen LogP contribution in [0.2, 0.25) is 0 Å². The minimum absolute atomic E-state index is 0. The Kier molecular flexibility index (Phi) is 7.68. The summed E-state index contributed by atoms with van der Waals surface area (Å²) in [5.74, 6) is 0.706. The molecule has 27 heavy (non-hydrogen) atoms. The first-order valence-corrected chi connectivity index (χ1v) is 9.20. The van der Waals surface area contributed by atoms with E-state index < -0.39 is 5.97 Å². The molecule has 0 spiro atoms. The highest BCUT2D eigenvalue weighted by Gasteiger charge is 2.27. The number of halogens is 1. The second-order valence-corrected chi connectivity index (χ2v) is 6.94. The number of rotatable bonds is 7. The summed E-state index contributed by atoms with van der Waals surface area (Å²) in [5.41, 5.74) is 1.16. The lowest BCUT2D eigenvalue weighted by Gasteiger charge is -2.23. The van der Waals surface area contributed by atoms with Crippen LogP contribution in [0.4, 0.5) is 0 Å². The molecule has 3 rings (SSSR count). The van der Waals surface area contributed by atoms with Gasteiger partial charge in [0, 0.05) is 5.56 Å². The summed E-state index contributed by atoms with van der Waals surface area (Å²) in [7, 11) is 1.59. The summed E-state index contributed by atoms with van der Waals surface area (Å²) >= 11 is 0. The van der Waals surface area contributed by atoms with Crippen LogP contribution in [0.3, 0.4) is 0 Å². The molecule has 1 atom stereocenters. The number of ether oxygens (including phenoxy) is 1. The Morgan fingerprint density at radius 3 is 2.56 bits per heavy atom. The van der Waals surface area contributed by atoms with E-state index in [1.165, 1.54) is 32.1 Å².